The van der Waals surface area contributed by atoms with E-state index in [1.54, 1.807) is 6.92 Å². The molecule has 0 atom stereocenters. The quantitative estimate of drug-likeness (QED) is 0.503. The molecule has 0 aromatic carbocycles. The average Bonchev–Trinajstić information content (AvgIpc) is 1.99. The first-order chi connectivity index (χ1) is 5.16. The van der Waals surface area contributed by atoms with Gasteiger partial charge in [-0.2, -0.15) is 0 Å². The average molecular weight is 190 g/mol. The summed E-state index contributed by atoms with van der Waals surface area (Å²) in [6.07, 6.45) is 2.18. The molecule has 0 amide bonds. The molecule has 11 heavy (non-hydrogen) atoms. The molecule has 0 radical (unpaired) electrons. The predicted molar refractivity (Wildman–Crippen MR) is 44.4 cm³/mol. The zero-order valence-corrected chi connectivity index (χ0v) is 7.28. The van der Waals surface area contributed by atoms with Gasteiger partial charge in [0.2, 0.25) is 0 Å². The highest BCUT2D eigenvalue weighted by atomic mass is 35.5. The van der Waals surface area contributed by atoms with Crippen molar-refractivity contribution in [1.29, 1.82) is 0 Å². The van der Waals surface area contributed by atoms with Crippen LogP contribution in [-0.2, 0) is 0 Å². The summed E-state index contributed by atoms with van der Waals surface area (Å²) in [7, 11) is 0. The van der Waals surface area contributed by atoms with Crippen molar-refractivity contribution in [3.63, 3.8) is 0 Å². The normalized spacial score (nSPS) is 9.73. The van der Waals surface area contributed by atoms with E-state index in [9.17, 15) is 4.79 Å². The van der Waals surface area contributed by atoms with Crippen LogP contribution in [0.2, 0.25) is 10.2 Å². The smallest absolute Gasteiger partial charge is 0.151 e. The summed E-state index contributed by atoms with van der Waals surface area (Å²) in [5.74, 6) is 0. The zero-order valence-electron chi connectivity index (χ0n) is 5.77. The minimum Gasteiger partial charge on any atom is -0.298 e. The van der Waals surface area contributed by atoms with E-state index in [1.807, 2.05) is 0 Å². The summed E-state index contributed by atoms with van der Waals surface area (Å²) in [6, 6.07) is 0. The summed E-state index contributed by atoms with van der Waals surface area (Å²) in [6.45, 7) is 1.75. The Morgan fingerprint density at radius 2 is 2.18 bits per heavy atom. The summed E-state index contributed by atoms with van der Waals surface area (Å²) >= 11 is 11.2. The topological polar surface area (TPSA) is 30.0 Å². The van der Waals surface area contributed by atoms with Gasteiger partial charge in [-0.3, -0.25) is 4.79 Å². The number of hydrogen-bond donors (Lipinski definition) is 0. The van der Waals surface area contributed by atoms with Gasteiger partial charge in [-0.1, -0.05) is 23.2 Å². The maximum absolute atomic E-state index is 10.4. The molecule has 1 rings (SSSR count). The minimum atomic E-state index is 0.166. The SMILES string of the molecule is Cc1cnc(Cl)c(Cl)c1C=O. The second kappa shape index (κ2) is 3.20. The fraction of sp³-hybridized carbons (Fsp3) is 0.143. The molecule has 0 aliphatic heterocycles. The number of rotatable bonds is 1. The molecule has 1 aromatic heterocycles. The number of aromatic nitrogens is 1. The Bertz CT molecular complexity index is 299. The Morgan fingerprint density at radius 1 is 1.55 bits per heavy atom. The summed E-state index contributed by atoms with van der Waals surface area (Å²) in [5, 5.41) is 0.390. The van der Waals surface area contributed by atoms with E-state index in [0.29, 0.717) is 11.8 Å². The second-order valence-corrected chi connectivity index (χ2v) is 2.81. The van der Waals surface area contributed by atoms with Crippen molar-refractivity contribution in [3.8, 4) is 0 Å². The van der Waals surface area contributed by atoms with E-state index in [-0.39, 0.29) is 10.2 Å². The molecular formula is C7H5Cl2NO. The Kier molecular flexibility index (Phi) is 2.47. The van der Waals surface area contributed by atoms with E-state index < -0.39 is 0 Å². The largest absolute Gasteiger partial charge is 0.298 e. The highest BCUT2D eigenvalue weighted by molar-refractivity contribution is 6.42. The first kappa shape index (κ1) is 8.50. The van der Waals surface area contributed by atoms with Crippen LogP contribution in [0.25, 0.3) is 0 Å². The summed E-state index contributed by atoms with van der Waals surface area (Å²) < 4.78 is 0. The third-order valence-electron chi connectivity index (χ3n) is 1.33. The van der Waals surface area contributed by atoms with Crippen LogP contribution in [0.1, 0.15) is 15.9 Å². The fourth-order valence-corrected chi connectivity index (χ4v) is 1.10. The van der Waals surface area contributed by atoms with Crippen molar-refractivity contribution in [2.24, 2.45) is 0 Å². The van der Waals surface area contributed by atoms with Crippen molar-refractivity contribution in [1.82, 2.24) is 4.98 Å². The summed E-state index contributed by atoms with van der Waals surface area (Å²) in [4.78, 5) is 14.2. The molecule has 1 aromatic rings. The van der Waals surface area contributed by atoms with Gasteiger partial charge in [0, 0.05) is 11.8 Å². The molecule has 58 valence electrons. The van der Waals surface area contributed by atoms with E-state index in [4.69, 9.17) is 23.2 Å². The molecule has 0 N–H and O–H groups in total. The monoisotopic (exact) mass is 189 g/mol. The summed E-state index contributed by atoms with van der Waals surface area (Å²) in [5.41, 5.74) is 1.14. The van der Waals surface area contributed by atoms with Gasteiger partial charge in [-0.25, -0.2) is 4.98 Å². The molecule has 0 aliphatic carbocycles. The molecule has 0 spiro atoms. The predicted octanol–water partition coefficient (Wildman–Crippen LogP) is 2.51. The Labute approximate surface area is 74.1 Å². The molecule has 0 bridgehead atoms. The van der Waals surface area contributed by atoms with Gasteiger partial charge in [-0.15, -0.1) is 0 Å². The van der Waals surface area contributed by atoms with Crippen LogP contribution in [0.3, 0.4) is 0 Å². The van der Waals surface area contributed by atoms with Crippen molar-refractivity contribution >= 4 is 29.5 Å². The number of halogens is 2. The van der Waals surface area contributed by atoms with Crippen LogP contribution >= 0.6 is 23.2 Å². The number of aryl methyl sites for hydroxylation is 1. The van der Waals surface area contributed by atoms with Crippen molar-refractivity contribution in [2.75, 3.05) is 0 Å². The number of nitrogens with zero attached hydrogens (tertiary/aromatic N) is 1. The number of aldehydes is 1. The van der Waals surface area contributed by atoms with Crippen molar-refractivity contribution < 1.29 is 4.79 Å². The Morgan fingerprint density at radius 3 is 2.64 bits per heavy atom. The number of carbonyl (C=O) groups is 1. The van der Waals surface area contributed by atoms with Crippen molar-refractivity contribution in [2.45, 2.75) is 6.92 Å². The third-order valence-corrected chi connectivity index (χ3v) is 2.10. The maximum atomic E-state index is 10.4. The fourth-order valence-electron chi connectivity index (χ4n) is 0.709. The number of pyridine rings is 1. The van der Waals surface area contributed by atoms with E-state index in [1.165, 1.54) is 6.20 Å². The standard InChI is InChI=1S/C7H5Cl2NO/c1-4-2-10-7(9)6(8)5(4)3-11/h2-3H,1H3. The first-order valence-corrected chi connectivity index (χ1v) is 3.68. The molecule has 0 unspecified atom stereocenters. The Hall–Kier alpha value is -0.600. The molecule has 0 aliphatic rings. The molecule has 4 heteroatoms. The first-order valence-electron chi connectivity index (χ1n) is 2.92. The lowest BCUT2D eigenvalue weighted by Gasteiger charge is -2.00. The Balaban J connectivity index is 3.40. The number of carbonyl (C=O) groups excluding carboxylic acids is 1. The van der Waals surface area contributed by atoms with Crippen LogP contribution in [0.4, 0.5) is 0 Å². The molecule has 0 fully saturated rings. The molecule has 0 saturated carbocycles. The van der Waals surface area contributed by atoms with Crippen LogP contribution < -0.4 is 0 Å². The highest BCUT2D eigenvalue weighted by Gasteiger charge is 2.07. The third kappa shape index (κ3) is 1.52. The molecular weight excluding hydrogens is 185 g/mol. The highest BCUT2D eigenvalue weighted by Crippen LogP contribution is 2.24. The zero-order chi connectivity index (χ0) is 8.43. The van der Waals surface area contributed by atoms with Crippen LogP contribution in [-0.4, -0.2) is 11.3 Å². The van der Waals surface area contributed by atoms with Crippen LogP contribution in [0.15, 0.2) is 6.20 Å². The van der Waals surface area contributed by atoms with Gasteiger partial charge in [0.25, 0.3) is 0 Å². The van der Waals surface area contributed by atoms with Gasteiger partial charge in [0.1, 0.15) is 5.15 Å². The van der Waals surface area contributed by atoms with Crippen LogP contribution in [0.5, 0.6) is 0 Å². The van der Waals surface area contributed by atoms with Gasteiger partial charge >= 0.3 is 0 Å². The van der Waals surface area contributed by atoms with E-state index >= 15 is 0 Å². The minimum absolute atomic E-state index is 0.166. The lowest BCUT2D eigenvalue weighted by molar-refractivity contribution is 0.112. The molecule has 0 saturated heterocycles. The second-order valence-electron chi connectivity index (χ2n) is 2.08. The van der Waals surface area contributed by atoms with Crippen molar-refractivity contribution in [3.05, 3.63) is 27.5 Å². The van der Waals surface area contributed by atoms with Gasteiger partial charge in [-0.05, 0) is 12.5 Å². The van der Waals surface area contributed by atoms with Gasteiger partial charge < -0.3 is 0 Å². The molecule has 1 heterocycles. The lowest BCUT2D eigenvalue weighted by Crippen LogP contribution is -1.90. The van der Waals surface area contributed by atoms with E-state index in [0.717, 1.165) is 5.56 Å². The van der Waals surface area contributed by atoms with Gasteiger partial charge in [0.15, 0.2) is 6.29 Å². The van der Waals surface area contributed by atoms with E-state index in [2.05, 4.69) is 4.98 Å². The number of hydrogen-bond acceptors (Lipinski definition) is 2. The van der Waals surface area contributed by atoms with Gasteiger partial charge in [0.05, 0.1) is 5.02 Å². The maximum Gasteiger partial charge on any atom is 0.151 e. The molecule has 2 nitrogen and oxygen atoms in total. The lowest BCUT2D eigenvalue weighted by atomic mass is 10.2. The van der Waals surface area contributed by atoms with Crippen LogP contribution in [0, 0.1) is 6.92 Å².